The summed E-state index contributed by atoms with van der Waals surface area (Å²) in [5.41, 5.74) is 2.01. The molecule has 0 aliphatic rings. The third-order valence-corrected chi connectivity index (χ3v) is 3.60. The Morgan fingerprint density at radius 1 is 1.44 bits per heavy atom. The zero-order chi connectivity index (χ0) is 13.4. The third kappa shape index (κ3) is 1.73. The number of aromatic nitrogens is 2. The van der Waals surface area contributed by atoms with E-state index in [1.54, 1.807) is 4.68 Å². The van der Waals surface area contributed by atoms with E-state index in [-0.39, 0.29) is 5.69 Å². The SMILES string of the molecule is CCn1nc(C=O)c(=O)c2c(Cl)c(C)c(C)cc21. The lowest BCUT2D eigenvalue weighted by molar-refractivity contribution is 0.111. The fourth-order valence-corrected chi connectivity index (χ4v) is 2.29. The van der Waals surface area contributed by atoms with Crippen LogP contribution in [0.2, 0.25) is 5.02 Å². The molecule has 0 aliphatic heterocycles. The quantitative estimate of drug-likeness (QED) is 0.783. The minimum Gasteiger partial charge on any atom is -0.296 e. The monoisotopic (exact) mass is 264 g/mol. The van der Waals surface area contributed by atoms with Gasteiger partial charge in [-0.3, -0.25) is 14.3 Å². The molecule has 2 aromatic rings. The van der Waals surface area contributed by atoms with Gasteiger partial charge >= 0.3 is 0 Å². The molecule has 0 aliphatic carbocycles. The summed E-state index contributed by atoms with van der Waals surface area (Å²) in [6.07, 6.45) is 0.472. The minimum absolute atomic E-state index is 0.102. The molecule has 5 heteroatoms. The molecule has 0 bridgehead atoms. The number of aryl methyl sites for hydroxylation is 2. The Morgan fingerprint density at radius 3 is 2.67 bits per heavy atom. The number of nitrogens with zero attached hydrogens (tertiary/aromatic N) is 2. The van der Waals surface area contributed by atoms with Crippen LogP contribution >= 0.6 is 11.6 Å². The highest BCUT2D eigenvalue weighted by atomic mass is 35.5. The molecule has 0 amide bonds. The molecule has 1 aromatic carbocycles. The van der Waals surface area contributed by atoms with Crippen molar-refractivity contribution in [1.29, 1.82) is 0 Å². The lowest BCUT2D eigenvalue weighted by Gasteiger charge is -2.12. The van der Waals surface area contributed by atoms with Crippen LogP contribution in [0.25, 0.3) is 10.9 Å². The first-order valence-electron chi connectivity index (χ1n) is 5.67. The fraction of sp³-hybridized carbons (Fsp3) is 0.308. The Kier molecular flexibility index (Phi) is 3.22. The van der Waals surface area contributed by atoms with Crippen LogP contribution in [0.15, 0.2) is 10.9 Å². The minimum atomic E-state index is -0.405. The zero-order valence-electron chi connectivity index (χ0n) is 10.5. The summed E-state index contributed by atoms with van der Waals surface area (Å²) in [5.74, 6) is 0. The highest BCUT2D eigenvalue weighted by Gasteiger charge is 2.15. The first kappa shape index (κ1) is 12.8. The van der Waals surface area contributed by atoms with Gasteiger partial charge in [-0.15, -0.1) is 0 Å². The van der Waals surface area contributed by atoms with Crippen LogP contribution in [0.4, 0.5) is 0 Å². The summed E-state index contributed by atoms with van der Waals surface area (Å²) in [7, 11) is 0. The molecule has 0 fully saturated rings. The van der Waals surface area contributed by atoms with E-state index in [4.69, 9.17) is 11.6 Å². The van der Waals surface area contributed by atoms with Crippen LogP contribution in [0.5, 0.6) is 0 Å². The number of benzene rings is 1. The third-order valence-electron chi connectivity index (χ3n) is 3.13. The van der Waals surface area contributed by atoms with E-state index in [0.717, 1.165) is 11.1 Å². The standard InChI is InChI=1S/C13H13ClN2O2/c1-4-16-10-5-7(2)8(3)12(14)11(10)13(18)9(6-17)15-16/h5-6H,4H2,1-3H3. The largest absolute Gasteiger partial charge is 0.296 e. The van der Waals surface area contributed by atoms with Gasteiger partial charge in [-0.2, -0.15) is 5.10 Å². The van der Waals surface area contributed by atoms with Crippen molar-refractivity contribution in [3.05, 3.63) is 38.1 Å². The van der Waals surface area contributed by atoms with Gasteiger partial charge in [0.15, 0.2) is 12.0 Å². The maximum absolute atomic E-state index is 12.1. The molecule has 0 spiro atoms. The van der Waals surface area contributed by atoms with E-state index in [0.29, 0.717) is 28.8 Å². The molecule has 1 heterocycles. The molecule has 1 aromatic heterocycles. The van der Waals surface area contributed by atoms with Crippen molar-refractivity contribution in [2.45, 2.75) is 27.3 Å². The van der Waals surface area contributed by atoms with Gasteiger partial charge in [0.1, 0.15) is 0 Å². The second-order valence-electron chi connectivity index (χ2n) is 4.17. The van der Waals surface area contributed by atoms with Crippen molar-refractivity contribution in [2.24, 2.45) is 0 Å². The first-order chi connectivity index (χ1) is 8.51. The van der Waals surface area contributed by atoms with Gasteiger partial charge in [0.2, 0.25) is 5.43 Å². The maximum Gasteiger partial charge on any atom is 0.220 e. The van der Waals surface area contributed by atoms with Crippen LogP contribution in [0, 0.1) is 13.8 Å². The van der Waals surface area contributed by atoms with E-state index >= 15 is 0 Å². The fourth-order valence-electron chi connectivity index (χ4n) is 1.95. The molecule has 0 saturated heterocycles. The van der Waals surface area contributed by atoms with Gasteiger partial charge in [0.25, 0.3) is 0 Å². The molecular formula is C13H13ClN2O2. The Hall–Kier alpha value is -1.68. The van der Waals surface area contributed by atoms with Crippen LogP contribution in [-0.2, 0) is 6.54 Å². The van der Waals surface area contributed by atoms with Gasteiger partial charge < -0.3 is 0 Å². The van der Waals surface area contributed by atoms with Crippen LogP contribution in [0.3, 0.4) is 0 Å². The number of hydrogen-bond acceptors (Lipinski definition) is 3. The Labute approximate surface area is 109 Å². The molecule has 0 unspecified atom stereocenters. The van der Waals surface area contributed by atoms with Crippen molar-refractivity contribution < 1.29 is 4.79 Å². The molecule has 0 radical (unpaired) electrons. The van der Waals surface area contributed by atoms with Crippen molar-refractivity contribution in [3.63, 3.8) is 0 Å². The lowest BCUT2D eigenvalue weighted by Crippen LogP contribution is -2.19. The van der Waals surface area contributed by atoms with E-state index in [1.807, 2.05) is 26.8 Å². The molecule has 18 heavy (non-hydrogen) atoms. The van der Waals surface area contributed by atoms with Crippen LogP contribution < -0.4 is 5.43 Å². The van der Waals surface area contributed by atoms with E-state index in [2.05, 4.69) is 5.10 Å². The first-order valence-corrected chi connectivity index (χ1v) is 6.04. The zero-order valence-corrected chi connectivity index (χ0v) is 11.2. The van der Waals surface area contributed by atoms with Gasteiger partial charge in [-0.1, -0.05) is 11.6 Å². The van der Waals surface area contributed by atoms with Crippen molar-refractivity contribution in [2.75, 3.05) is 0 Å². The topological polar surface area (TPSA) is 52.0 Å². The Balaban J connectivity index is 3.10. The summed E-state index contributed by atoms with van der Waals surface area (Å²) >= 11 is 6.24. The number of fused-ring (bicyclic) bond motifs is 1. The normalized spacial score (nSPS) is 10.9. The van der Waals surface area contributed by atoms with Gasteiger partial charge in [0.05, 0.1) is 15.9 Å². The second kappa shape index (κ2) is 4.53. The summed E-state index contributed by atoms with van der Waals surface area (Å²) in [6, 6.07) is 1.88. The molecular weight excluding hydrogens is 252 g/mol. The number of aldehydes is 1. The van der Waals surface area contributed by atoms with Crippen molar-refractivity contribution in [3.8, 4) is 0 Å². The molecule has 0 atom stereocenters. The Morgan fingerprint density at radius 2 is 2.11 bits per heavy atom. The molecule has 4 nitrogen and oxygen atoms in total. The number of hydrogen-bond donors (Lipinski definition) is 0. The molecule has 94 valence electrons. The number of halogens is 1. The maximum atomic E-state index is 12.1. The van der Waals surface area contributed by atoms with E-state index in [1.165, 1.54) is 0 Å². The second-order valence-corrected chi connectivity index (χ2v) is 4.55. The van der Waals surface area contributed by atoms with Gasteiger partial charge in [-0.25, -0.2) is 0 Å². The van der Waals surface area contributed by atoms with Crippen molar-refractivity contribution in [1.82, 2.24) is 9.78 Å². The predicted octanol–water partition coefficient (Wildman–Crippen LogP) is 2.50. The number of rotatable bonds is 2. The van der Waals surface area contributed by atoms with E-state index in [9.17, 15) is 9.59 Å². The Bertz CT molecular complexity index is 704. The summed E-state index contributed by atoms with van der Waals surface area (Å²) in [6.45, 7) is 6.25. The molecule has 2 rings (SSSR count). The predicted molar refractivity (Wildman–Crippen MR) is 71.5 cm³/mol. The molecule has 0 saturated carbocycles. The number of carbonyl (C=O) groups is 1. The van der Waals surface area contributed by atoms with Crippen molar-refractivity contribution >= 4 is 28.8 Å². The highest BCUT2D eigenvalue weighted by Crippen LogP contribution is 2.27. The lowest BCUT2D eigenvalue weighted by atomic mass is 10.1. The van der Waals surface area contributed by atoms with Crippen LogP contribution in [0.1, 0.15) is 28.5 Å². The average Bonchev–Trinajstić information content (AvgIpc) is 2.36. The summed E-state index contributed by atoms with van der Waals surface area (Å²) in [4.78, 5) is 23.0. The highest BCUT2D eigenvalue weighted by molar-refractivity contribution is 6.36. The molecule has 0 N–H and O–H groups in total. The average molecular weight is 265 g/mol. The smallest absolute Gasteiger partial charge is 0.220 e. The van der Waals surface area contributed by atoms with Gasteiger partial charge in [0, 0.05) is 6.54 Å². The summed E-state index contributed by atoms with van der Waals surface area (Å²) in [5, 5.41) is 4.81. The van der Waals surface area contributed by atoms with Crippen LogP contribution in [-0.4, -0.2) is 16.1 Å². The van der Waals surface area contributed by atoms with Gasteiger partial charge in [-0.05, 0) is 38.0 Å². The summed E-state index contributed by atoms with van der Waals surface area (Å²) < 4.78 is 1.62. The number of carbonyl (C=O) groups excluding carboxylic acids is 1. The van der Waals surface area contributed by atoms with E-state index < -0.39 is 5.43 Å².